The highest BCUT2D eigenvalue weighted by Gasteiger charge is 2.29. The first-order valence-electron chi connectivity index (χ1n) is 11.5. The smallest absolute Gasteiger partial charge is 0.231 e. The van der Waals surface area contributed by atoms with E-state index < -0.39 is 0 Å². The van der Waals surface area contributed by atoms with Crippen molar-refractivity contribution in [2.45, 2.75) is 47.1 Å². The third-order valence-electron chi connectivity index (χ3n) is 6.21. The summed E-state index contributed by atoms with van der Waals surface area (Å²) in [5.41, 5.74) is 2.63. The molecule has 1 aliphatic heterocycles. The van der Waals surface area contributed by atoms with Gasteiger partial charge in [-0.15, -0.1) is 0 Å². The number of furan rings is 1. The maximum absolute atomic E-state index is 13.0. The van der Waals surface area contributed by atoms with Crippen LogP contribution in [-0.4, -0.2) is 42.7 Å². The number of ether oxygens (including phenoxy) is 2. The van der Waals surface area contributed by atoms with Gasteiger partial charge < -0.3 is 24.1 Å². The van der Waals surface area contributed by atoms with E-state index in [1.54, 1.807) is 7.11 Å². The zero-order chi connectivity index (χ0) is 23.5. The SMILES string of the molecule is CCOc1ccc(CNC(=O)[C@@H]2CCCN(c3nc(C)nc4oc(C)c(C)c34)C2)cc1OC. The third kappa shape index (κ3) is 4.74. The minimum absolute atomic E-state index is 0.0506. The van der Waals surface area contributed by atoms with E-state index in [1.165, 1.54) is 0 Å². The van der Waals surface area contributed by atoms with Gasteiger partial charge in [-0.05, 0) is 58.2 Å². The molecule has 33 heavy (non-hydrogen) atoms. The van der Waals surface area contributed by atoms with Crippen LogP contribution in [0.4, 0.5) is 5.82 Å². The van der Waals surface area contributed by atoms with Crippen molar-refractivity contribution >= 4 is 22.8 Å². The molecule has 0 radical (unpaired) electrons. The number of methoxy groups -OCH3 is 1. The molecule has 1 N–H and O–H groups in total. The second kappa shape index (κ2) is 9.68. The number of amides is 1. The molecule has 0 unspecified atom stereocenters. The van der Waals surface area contributed by atoms with E-state index in [0.717, 1.165) is 47.5 Å². The summed E-state index contributed by atoms with van der Waals surface area (Å²) in [4.78, 5) is 24.4. The van der Waals surface area contributed by atoms with E-state index >= 15 is 0 Å². The second-order valence-corrected chi connectivity index (χ2v) is 8.48. The summed E-state index contributed by atoms with van der Waals surface area (Å²) in [7, 11) is 1.62. The molecule has 1 aromatic carbocycles. The van der Waals surface area contributed by atoms with E-state index in [9.17, 15) is 4.79 Å². The average molecular weight is 453 g/mol. The quantitative estimate of drug-likeness (QED) is 0.577. The predicted molar refractivity (Wildman–Crippen MR) is 127 cm³/mol. The number of aryl methyl sites for hydroxylation is 3. The van der Waals surface area contributed by atoms with Crippen LogP contribution in [0.25, 0.3) is 11.1 Å². The minimum Gasteiger partial charge on any atom is -0.493 e. The molecule has 1 amide bonds. The highest BCUT2D eigenvalue weighted by molar-refractivity contribution is 5.90. The Morgan fingerprint density at radius 3 is 2.82 bits per heavy atom. The Hall–Kier alpha value is -3.29. The number of carbonyl (C=O) groups is 1. The molecule has 8 nitrogen and oxygen atoms in total. The molecular formula is C25H32N4O4. The van der Waals surface area contributed by atoms with E-state index in [1.807, 2.05) is 45.9 Å². The van der Waals surface area contributed by atoms with E-state index in [4.69, 9.17) is 18.9 Å². The molecule has 2 aromatic heterocycles. The van der Waals surface area contributed by atoms with Crippen LogP contribution in [0.2, 0.25) is 0 Å². The summed E-state index contributed by atoms with van der Waals surface area (Å²) in [5.74, 6) is 3.69. The number of fused-ring (bicyclic) bond motifs is 1. The first-order valence-corrected chi connectivity index (χ1v) is 11.5. The monoisotopic (exact) mass is 452 g/mol. The summed E-state index contributed by atoms with van der Waals surface area (Å²) in [6.07, 6.45) is 1.78. The first-order chi connectivity index (χ1) is 15.9. The molecule has 1 saturated heterocycles. The summed E-state index contributed by atoms with van der Waals surface area (Å²) in [6.45, 7) is 10.3. The molecule has 3 heterocycles. The van der Waals surface area contributed by atoms with Crippen molar-refractivity contribution in [3.63, 3.8) is 0 Å². The van der Waals surface area contributed by atoms with Crippen LogP contribution >= 0.6 is 0 Å². The van der Waals surface area contributed by atoms with Crippen molar-refractivity contribution in [2.24, 2.45) is 5.92 Å². The van der Waals surface area contributed by atoms with Gasteiger partial charge in [-0.1, -0.05) is 6.07 Å². The lowest BCUT2D eigenvalue weighted by Crippen LogP contribution is -2.43. The van der Waals surface area contributed by atoms with Crippen LogP contribution in [-0.2, 0) is 11.3 Å². The van der Waals surface area contributed by atoms with Gasteiger partial charge in [-0.3, -0.25) is 4.79 Å². The van der Waals surface area contributed by atoms with Gasteiger partial charge in [0, 0.05) is 25.2 Å². The lowest BCUT2D eigenvalue weighted by Gasteiger charge is -2.33. The molecule has 0 spiro atoms. The summed E-state index contributed by atoms with van der Waals surface area (Å²) in [6, 6.07) is 5.73. The van der Waals surface area contributed by atoms with Crippen LogP contribution in [0, 0.1) is 26.7 Å². The van der Waals surface area contributed by atoms with Crippen molar-refractivity contribution in [3.05, 3.63) is 40.9 Å². The van der Waals surface area contributed by atoms with E-state index in [2.05, 4.69) is 15.2 Å². The fourth-order valence-corrected chi connectivity index (χ4v) is 4.37. The number of rotatable bonds is 7. The molecule has 1 aliphatic rings. The number of aromatic nitrogens is 2. The number of benzene rings is 1. The summed E-state index contributed by atoms with van der Waals surface area (Å²) >= 11 is 0. The standard InChI is InChI=1S/C25H32N4O4/c1-6-32-20-10-9-18(12-21(20)31-5)13-26-24(30)19-8-7-11-29(14-19)23-22-15(2)16(3)33-25(22)28-17(4)27-23/h9-10,12,19H,6-8,11,13-14H2,1-5H3,(H,26,30)/t19-/m1/s1. The number of hydrogen-bond donors (Lipinski definition) is 1. The molecule has 1 fully saturated rings. The van der Waals surface area contributed by atoms with Crippen LogP contribution in [0.15, 0.2) is 22.6 Å². The van der Waals surface area contributed by atoms with Crippen molar-refractivity contribution in [2.75, 3.05) is 31.7 Å². The van der Waals surface area contributed by atoms with Crippen molar-refractivity contribution < 1.29 is 18.7 Å². The maximum atomic E-state index is 13.0. The minimum atomic E-state index is -0.109. The van der Waals surface area contributed by atoms with Gasteiger partial charge in [-0.25, -0.2) is 4.98 Å². The molecule has 3 aromatic rings. The number of anilines is 1. The third-order valence-corrected chi connectivity index (χ3v) is 6.21. The highest BCUT2D eigenvalue weighted by Crippen LogP contribution is 2.33. The zero-order valence-corrected chi connectivity index (χ0v) is 20.0. The second-order valence-electron chi connectivity index (χ2n) is 8.48. The van der Waals surface area contributed by atoms with Crippen LogP contribution in [0.3, 0.4) is 0 Å². The fourth-order valence-electron chi connectivity index (χ4n) is 4.37. The van der Waals surface area contributed by atoms with Crippen LogP contribution in [0.5, 0.6) is 11.5 Å². The number of carbonyl (C=O) groups excluding carboxylic acids is 1. The molecule has 176 valence electrons. The van der Waals surface area contributed by atoms with Crippen LogP contribution < -0.4 is 19.7 Å². The van der Waals surface area contributed by atoms with Crippen molar-refractivity contribution in [1.29, 1.82) is 0 Å². The molecule has 4 rings (SSSR count). The predicted octanol–water partition coefficient (Wildman–Crippen LogP) is 4.09. The zero-order valence-electron chi connectivity index (χ0n) is 20.0. The van der Waals surface area contributed by atoms with Crippen molar-refractivity contribution in [3.8, 4) is 11.5 Å². The van der Waals surface area contributed by atoms with Crippen LogP contribution in [0.1, 0.15) is 42.5 Å². The van der Waals surface area contributed by atoms with Gasteiger partial charge in [0.05, 0.1) is 25.0 Å². The molecule has 0 bridgehead atoms. The Balaban J connectivity index is 1.46. The molecule has 8 heteroatoms. The lowest BCUT2D eigenvalue weighted by molar-refractivity contribution is -0.125. The lowest BCUT2D eigenvalue weighted by atomic mass is 9.96. The number of nitrogens with one attached hydrogen (secondary N) is 1. The Morgan fingerprint density at radius 1 is 1.24 bits per heavy atom. The topological polar surface area (TPSA) is 89.7 Å². The molecule has 0 saturated carbocycles. The number of nitrogens with zero attached hydrogens (tertiary/aromatic N) is 3. The van der Waals surface area contributed by atoms with Gasteiger partial charge in [0.25, 0.3) is 0 Å². The maximum Gasteiger partial charge on any atom is 0.231 e. The van der Waals surface area contributed by atoms with Gasteiger partial charge in [0.15, 0.2) is 11.5 Å². The fraction of sp³-hybridized carbons (Fsp3) is 0.480. The van der Waals surface area contributed by atoms with Gasteiger partial charge >= 0.3 is 0 Å². The number of hydrogen-bond acceptors (Lipinski definition) is 7. The largest absolute Gasteiger partial charge is 0.493 e. The molecule has 1 atom stereocenters. The average Bonchev–Trinajstić information content (AvgIpc) is 3.10. The van der Waals surface area contributed by atoms with Gasteiger partial charge in [0.1, 0.15) is 17.4 Å². The Bertz CT molecular complexity index is 1160. The first kappa shape index (κ1) is 22.9. The molecular weight excluding hydrogens is 420 g/mol. The van der Waals surface area contributed by atoms with Gasteiger partial charge in [-0.2, -0.15) is 4.98 Å². The Kier molecular flexibility index (Phi) is 6.72. The van der Waals surface area contributed by atoms with Crippen molar-refractivity contribution in [1.82, 2.24) is 15.3 Å². The van der Waals surface area contributed by atoms with E-state index in [-0.39, 0.29) is 11.8 Å². The Morgan fingerprint density at radius 2 is 2.06 bits per heavy atom. The van der Waals surface area contributed by atoms with E-state index in [0.29, 0.717) is 42.7 Å². The Labute approximate surface area is 194 Å². The highest BCUT2D eigenvalue weighted by atomic mass is 16.5. The molecule has 0 aliphatic carbocycles. The summed E-state index contributed by atoms with van der Waals surface area (Å²) in [5, 5.41) is 4.04. The summed E-state index contributed by atoms with van der Waals surface area (Å²) < 4.78 is 16.8. The number of piperidine rings is 1. The normalized spacial score (nSPS) is 16.2. The van der Waals surface area contributed by atoms with Gasteiger partial charge in [0.2, 0.25) is 11.6 Å².